The summed E-state index contributed by atoms with van der Waals surface area (Å²) in [5, 5.41) is 0. The third-order valence-electron chi connectivity index (χ3n) is 3.45. The topological polar surface area (TPSA) is 74.8 Å². The summed E-state index contributed by atoms with van der Waals surface area (Å²) >= 11 is 0. The number of rotatable bonds is 4. The largest absolute Gasteiger partial charge is 0.345 e. The highest BCUT2D eigenvalue weighted by Gasteiger charge is 2.27. The van der Waals surface area contributed by atoms with Gasteiger partial charge in [-0.1, -0.05) is 52.0 Å². The van der Waals surface area contributed by atoms with Gasteiger partial charge in [0.2, 0.25) is 0 Å². The van der Waals surface area contributed by atoms with Gasteiger partial charge in [-0.05, 0) is 30.3 Å². The number of amides is 2. The minimum Gasteiger partial charge on any atom is -0.345 e. The van der Waals surface area contributed by atoms with Gasteiger partial charge < -0.3 is 4.90 Å². The molecule has 0 fully saturated rings. The van der Waals surface area contributed by atoms with Crippen LogP contribution in [0.1, 0.15) is 48.4 Å². The van der Waals surface area contributed by atoms with Crippen molar-refractivity contribution in [3.8, 4) is 0 Å². The van der Waals surface area contributed by atoms with Gasteiger partial charge in [0.25, 0.3) is 21.8 Å². The van der Waals surface area contributed by atoms with E-state index in [0.29, 0.717) is 4.31 Å². The van der Waals surface area contributed by atoms with Gasteiger partial charge in [0.1, 0.15) is 0 Å². The Balaban J connectivity index is 0.00000171. The number of benzene rings is 2. The number of hydrogen-bond acceptors (Lipinski definition) is 4. The first-order valence-electron chi connectivity index (χ1n) is 9.15. The number of hydrogen-bond donors (Lipinski definition) is 0. The van der Waals surface area contributed by atoms with Crippen LogP contribution in [0.5, 0.6) is 0 Å². The smallest absolute Gasteiger partial charge is 0.267 e. The minimum absolute atomic E-state index is 0.109. The Morgan fingerprint density at radius 3 is 1.71 bits per heavy atom. The molecule has 0 unspecified atom stereocenters. The molecule has 0 bridgehead atoms. The number of nitrogens with zero attached hydrogens (tertiary/aromatic N) is 2. The van der Waals surface area contributed by atoms with Crippen molar-refractivity contribution in [2.24, 2.45) is 0 Å². The molecule has 0 radical (unpaired) electrons. The molecule has 2 rings (SSSR count). The maximum Gasteiger partial charge on any atom is 0.267 e. The average molecular weight is 407 g/mol. The van der Waals surface area contributed by atoms with E-state index < -0.39 is 15.9 Å². The molecular formula is C21H30N2O4S. The lowest BCUT2D eigenvalue weighted by molar-refractivity contribution is 0.0826. The lowest BCUT2D eigenvalue weighted by Gasteiger charge is -2.18. The number of sulfonamides is 1. The Kier molecular flexibility index (Phi) is 10.8. The van der Waals surface area contributed by atoms with Crippen LogP contribution in [-0.4, -0.2) is 50.6 Å². The van der Waals surface area contributed by atoms with Crippen molar-refractivity contribution in [2.45, 2.75) is 32.6 Å². The molecule has 0 spiro atoms. The van der Waals surface area contributed by atoms with Crippen LogP contribution in [0.15, 0.2) is 59.5 Å². The predicted molar refractivity (Wildman–Crippen MR) is 113 cm³/mol. The van der Waals surface area contributed by atoms with E-state index in [0.717, 1.165) is 0 Å². The first-order chi connectivity index (χ1) is 13.2. The van der Waals surface area contributed by atoms with E-state index in [2.05, 4.69) is 0 Å². The lowest BCUT2D eigenvalue weighted by atomic mass is 10.2. The molecular weight excluding hydrogens is 376 g/mol. The molecule has 2 aromatic rings. The van der Waals surface area contributed by atoms with Crippen LogP contribution in [0.2, 0.25) is 0 Å². The second kappa shape index (κ2) is 11.9. The van der Waals surface area contributed by atoms with E-state index in [1.165, 1.54) is 36.2 Å². The molecule has 28 heavy (non-hydrogen) atoms. The van der Waals surface area contributed by atoms with E-state index in [9.17, 15) is 18.0 Å². The van der Waals surface area contributed by atoms with Crippen LogP contribution in [0.3, 0.4) is 0 Å². The van der Waals surface area contributed by atoms with Gasteiger partial charge in [0.05, 0.1) is 4.90 Å². The van der Waals surface area contributed by atoms with Crippen LogP contribution in [0, 0.1) is 0 Å². The van der Waals surface area contributed by atoms with Gasteiger partial charge in [-0.15, -0.1) is 0 Å². The molecule has 6 nitrogen and oxygen atoms in total. The Morgan fingerprint density at radius 1 is 0.714 bits per heavy atom. The van der Waals surface area contributed by atoms with Crippen LogP contribution >= 0.6 is 0 Å². The summed E-state index contributed by atoms with van der Waals surface area (Å²) in [6, 6.07) is 13.8. The van der Waals surface area contributed by atoms with Gasteiger partial charge in [0.15, 0.2) is 0 Å². The van der Waals surface area contributed by atoms with E-state index in [4.69, 9.17) is 0 Å². The van der Waals surface area contributed by atoms with Crippen molar-refractivity contribution in [3.63, 3.8) is 0 Å². The summed E-state index contributed by atoms with van der Waals surface area (Å²) in [6.45, 7) is 8.00. The van der Waals surface area contributed by atoms with E-state index in [1.54, 1.807) is 44.4 Å². The average Bonchev–Trinajstić information content (AvgIpc) is 2.75. The Bertz CT molecular complexity index is 863. The SMILES string of the molecule is CC.CC.CN(C)C(=O)c1cccc(S(=O)(=O)N(C)C(=O)c2ccccc2)c1. The molecule has 0 aliphatic rings. The highest BCUT2D eigenvalue weighted by atomic mass is 32.2. The van der Waals surface area contributed by atoms with Crippen molar-refractivity contribution >= 4 is 21.8 Å². The first kappa shape index (κ1) is 25.3. The molecule has 7 heteroatoms. The second-order valence-electron chi connectivity index (χ2n) is 5.37. The van der Waals surface area contributed by atoms with Crippen molar-refractivity contribution < 1.29 is 18.0 Å². The first-order valence-corrected chi connectivity index (χ1v) is 10.6. The quantitative estimate of drug-likeness (QED) is 0.772. The molecule has 0 N–H and O–H groups in total. The van der Waals surface area contributed by atoms with Gasteiger partial charge in [0, 0.05) is 32.3 Å². The Morgan fingerprint density at radius 2 is 1.21 bits per heavy atom. The minimum atomic E-state index is -4.06. The fraction of sp³-hybridized carbons (Fsp3) is 0.333. The third-order valence-corrected chi connectivity index (χ3v) is 5.19. The lowest BCUT2D eigenvalue weighted by Crippen LogP contribution is -2.33. The fourth-order valence-corrected chi connectivity index (χ4v) is 3.24. The molecule has 2 amide bonds. The number of carbonyl (C=O) groups is 2. The highest BCUT2D eigenvalue weighted by Crippen LogP contribution is 2.18. The van der Waals surface area contributed by atoms with Crippen LogP contribution in [-0.2, 0) is 10.0 Å². The maximum absolute atomic E-state index is 12.7. The Hall–Kier alpha value is -2.67. The molecule has 0 heterocycles. The fourth-order valence-electron chi connectivity index (χ4n) is 2.08. The summed E-state index contributed by atoms with van der Waals surface area (Å²) in [6.07, 6.45) is 0. The van der Waals surface area contributed by atoms with Crippen LogP contribution < -0.4 is 0 Å². The van der Waals surface area contributed by atoms with E-state index in [1.807, 2.05) is 27.7 Å². The van der Waals surface area contributed by atoms with E-state index in [-0.39, 0.29) is 21.9 Å². The van der Waals surface area contributed by atoms with E-state index >= 15 is 0 Å². The summed E-state index contributed by atoms with van der Waals surface area (Å²) in [7, 11) is 0.300. The predicted octanol–water partition coefficient (Wildman–Crippen LogP) is 3.90. The summed E-state index contributed by atoms with van der Waals surface area (Å²) in [5.41, 5.74) is 0.505. The summed E-state index contributed by atoms with van der Waals surface area (Å²) in [4.78, 5) is 25.6. The standard InChI is InChI=1S/C17H18N2O4S.2C2H6/c1-18(2)16(20)14-10-7-11-15(12-14)24(22,23)19(3)17(21)13-8-5-4-6-9-13;2*1-2/h4-12H,1-3H3;2*1-2H3. The van der Waals surface area contributed by atoms with Crippen LogP contribution in [0.4, 0.5) is 0 Å². The zero-order valence-corrected chi connectivity index (χ0v) is 18.4. The maximum atomic E-state index is 12.7. The zero-order chi connectivity index (χ0) is 21.9. The monoisotopic (exact) mass is 406 g/mol. The molecule has 0 atom stereocenters. The molecule has 154 valence electrons. The number of carbonyl (C=O) groups excluding carboxylic acids is 2. The van der Waals surface area contributed by atoms with Crippen molar-refractivity contribution in [1.29, 1.82) is 0 Å². The third kappa shape index (κ3) is 6.20. The highest BCUT2D eigenvalue weighted by molar-refractivity contribution is 7.89. The van der Waals surface area contributed by atoms with Crippen LogP contribution in [0.25, 0.3) is 0 Å². The van der Waals surface area contributed by atoms with Gasteiger partial charge >= 0.3 is 0 Å². The molecule has 2 aromatic carbocycles. The molecule has 0 aliphatic heterocycles. The molecule has 0 saturated carbocycles. The Labute approximate surface area is 168 Å². The van der Waals surface area contributed by atoms with Crippen molar-refractivity contribution in [2.75, 3.05) is 21.1 Å². The van der Waals surface area contributed by atoms with Crippen molar-refractivity contribution in [3.05, 3.63) is 65.7 Å². The molecule has 0 aliphatic carbocycles. The van der Waals surface area contributed by atoms with Gasteiger partial charge in [-0.3, -0.25) is 9.59 Å². The summed E-state index contributed by atoms with van der Waals surface area (Å²) < 4.78 is 26.0. The van der Waals surface area contributed by atoms with Crippen molar-refractivity contribution in [1.82, 2.24) is 9.21 Å². The molecule has 0 saturated heterocycles. The second-order valence-corrected chi connectivity index (χ2v) is 7.34. The normalized spacial score (nSPS) is 9.82. The summed E-state index contributed by atoms with van der Waals surface area (Å²) in [5.74, 6) is -0.955. The van der Waals surface area contributed by atoms with Gasteiger partial charge in [-0.25, -0.2) is 12.7 Å². The molecule has 0 aromatic heterocycles. The van der Waals surface area contributed by atoms with Gasteiger partial charge in [-0.2, -0.15) is 0 Å². The zero-order valence-electron chi connectivity index (χ0n) is 17.6.